The molecule has 0 aliphatic rings. The van der Waals surface area contributed by atoms with Crippen molar-refractivity contribution in [3.05, 3.63) is 18.2 Å². The van der Waals surface area contributed by atoms with E-state index in [1.54, 1.807) is 20.8 Å². The van der Waals surface area contributed by atoms with Crippen molar-refractivity contribution in [3.8, 4) is 5.75 Å². The number of carbonyl (C=O) groups is 2. The summed E-state index contributed by atoms with van der Waals surface area (Å²) in [6, 6.07) is 3.64. The molecule has 2 amide bonds. The fourth-order valence-corrected chi connectivity index (χ4v) is 2.54. The molecule has 0 aromatic heterocycles. The first-order valence-corrected chi connectivity index (χ1v) is 10.0. The van der Waals surface area contributed by atoms with Gasteiger partial charge >= 0.3 is 6.09 Å². The van der Waals surface area contributed by atoms with E-state index in [1.165, 1.54) is 39.2 Å². The van der Waals surface area contributed by atoms with Crippen LogP contribution in [0.25, 0.3) is 0 Å². The number of rotatable bonds is 7. The molecule has 0 aliphatic heterocycles. The monoisotopic (exact) mass is 401 g/mol. The highest BCUT2D eigenvalue weighted by Gasteiger charge is 2.21. The molecule has 3 N–H and O–H groups in total. The summed E-state index contributed by atoms with van der Waals surface area (Å²) in [5.41, 5.74) is -0.0265. The van der Waals surface area contributed by atoms with Crippen LogP contribution in [-0.2, 0) is 19.6 Å². The Bertz CT molecular complexity index is 786. The standard InChI is InChI=1S/C17H27N3O6S/c1-7-27(23,24)20-13-9-8-12(10-14(13)25-6)19-15(21)11(2)18-16(22)26-17(3,4)5/h8-11,20H,7H2,1-6H3,(H,18,22)(H,19,21)/t11-/m1/s1. The van der Waals surface area contributed by atoms with Crippen LogP contribution in [0.3, 0.4) is 0 Å². The van der Waals surface area contributed by atoms with Gasteiger partial charge in [0.15, 0.2) is 0 Å². The number of hydrogen-bond donors (Lipinski definition) is 3. The Hall–Kier alpha value is -2.49. The smallest absolute Gasteiger partial charge is 0.408 e. The lowest BCUT2D eigenvalue weighted by atomic mass is 10.2. The van der Waals surface area contributed by atoms with Crippen molar-refractivity contribution in [2.24, 2.45) is 0 Å². The number of amides is 2. The average molecular weight is 401 g/mol. The first kappa shape index (κ1) is 22.6. The molecule has 0 radical (unpaired) electrons. The fraction of sp³-hybridized carbons (Fsp3) is 0.529. The molecule has 0 spiro atoms. The van der Waals surface area contributed by atoms with Gasteiger partial charge in [-0.25, -0.2) is 13.2 Å². The van der Waals surface area contributed by atoms with E-state index in [0.29, 0.717) is 5.69 Å². The predicted octanol–water partition coefficient (Wildman–Crippen LogP) is 2.31. The second-order valence-electron chi connectivity index (χ2n) is 6.78. The summed E-state index contributed by atoms with van der Waals surface area (Å²) in [7, 11) is -2.08. The molecule has 152 valence electrons. The zero-order chi connectivity index (χ0) is 20.8. The third kappa shape index (κ3) is 7.73. The van der Waals surface area contributed by atoms with Crippen molar-refractivity contribution in [2.45, 2.75) is 46.3 Å². The summed E-state index contributed by atoms with van der Waals surface area (Å²) in [4.78, 5) is 24.0. The number of anilines is 2. The first-order chi connectivity index (χ1) is 12.4. The Labute approximate surface area is 159 Å². The molecule has 0 heterocycles. The Morgan fingerprint density at radius 3 is 2.37 bits per heavy atom. The van der Waals surface area contributed by atoms with Gasteiger partial charge in [-0.3, -0.25) is 9.52 Å². The topological polar surface area (TPSA) is 123 Å². The third-order valence-electron chi connectivity index (χ3n) is 3.24. The highest BCUT2D eigenvalue weighted by atomic mass is 32.2. The number of carbonyl (C=O) groups excluding carboxylic acids is 2. The number of nitrogens with one attached hydrogen (secondary N) is 3. The summed E-state index contributed by atoms with van der Waals surface area (Å²) in [5.74, 6) is -0.301. The number of ether oxygens (including phenoxy) is 2. The van der Waals surface area contributed by atoms with E-state index in [9.17, 15) is 18.0 Å². The minimum absolute atomic E-state index is 0.0809. The van der Waals surface area contributed by atoms with Gasteiger partial charge in [-0.2, -0.15) is 0 Å². The Morgan fingerprint density at radius 1 is 1.22 bits per heavy atom. The van der Waals surface area contributed by atoms with Crippen LogP contribution in [-0.4, -0.2) is 44.9 Å². The van der Waals surface area contributed by atoms with E-state index in [-0.39, 0.29) is 17.2 Å². The van der Waals surface area contributed by atoms with Crippen LogP contribution >= 0.6 is 0 Å². The highest BCUT2D eigenvalue weighted by Crippen LogP contribution is 2.29. The van der Waals surface area contributed by atoms with Gasteiger partial charge in [0.1, 0.15) is 17.4 Å². The Morgan fingerprint density at radius 2 is 1.85 bits per heavy atom. The van der Waals surface area contributed by atoms with Crippen molar-refractivity contribution in [1.29, 1.82) is 0 Å². The molecule has 1 atom stereocenters. The average Bonchev–Trinajstić information content (AvgIpc) is 2.54. The molecule has 0 unspecified atom stereocenters. The van der Waals surface area contributed by atoms with Crippen molar-refractivity contribution < 1.29 is 27.5 Å². The number of methoxy groups -OCH3 is 1. The maximum absolute atomic E-state index is 12.2. The van der Waals surface area contributed by atoms with Gasteiger partial charge in [0.25, 0.3) is 0 Å². The number of sulfonamides is 1. The summed E-state index contributed by atoms with van der Waals surface area (Å²) in [6.45, 7) is 8.19. The lowest BCUT2D eigenvalue weighted by Crippen LogP contribution is -2.43. The van der Waals surface area contributed by atoms with Crippen LogP contribution < -0.4 is 20.1 Å². The maximum Gasteiger partial charge on any atom is 0.408 e. The SMILES string of the molecule is CCS(=O)(=O)Nc1ccc(NC(=O)[C@@H](C)NC(=O)OC(C)(C)C)cc1OC. The summed E-state index contributed by atoms with van der Waals surface area (Å²) in [6.07, 6.45) is -0.702. The summed E-state index contributed by atoms with van der Waals surface area (Å²) < 4.78 is 36.1. The van der Waals surface area contributed by atoms with Crippen LogP contribution in [0, 0.1) is 0 Å². The number of benzene rings is 1. The minimum Gasteiger partial charge on any atom is -0.494 e. The van der Waals surface area contributed by atoms with Gasteiger partial charge in [-0.15, -0.1) is 0 Å². The molecule has 1 aromatic rings. The van der Waals surface area contributed by atoms with Gasteiger partial charge < -0.3 is 20.1 Å². The molecule has 0 bridgehead atoms. The number of hydrogen-bond acceptors (Lipinski definition) is 6. The molecule has 1 rings (SSSR count). The maximum atomic E-state index is 12.2. The van der Waals surface area contributed by atoms with Crippen LogP contribution in [0.5, 0.6) is 5.75 Å². The van der Waals surface area contributed by atoms with Gasteiger partial charge in [-0.05, 0) is 46.8 Å². The highest BCUT2D eigenvalue weighted by molar-refractivity contribution is 7.92. The first-order valence-electron chi connectivity index (χ1n) is 8.35. The third-order valence-corrected chi connectivity index (χ3v) is 4.53. The molecular weight excluding hydrogens is 374 g/mol. The molecule has 0 saturated heterocycles. The van der Waals surface area contributed by atoms with Crippen LogP contribution in [0.1, 0.15) is 34.6 Å². The molecular formula is C17H27N3O6S. The molecule has 0 fully saturated rings. The second-order valence-corrected chi connectivity index (χ2v) is 8.79. The molecule has 0 aliphatic carbocycles. The van der Waals surface area contributed by atoms with E-state index >= 15 is 0 Å². The molecule has 1 aromatic carbocycles. The predicted molar refractivity (Wildman–Crippen MR) is 104 cm³/mol. The van der Waals surface area contributed by atoms with E-state index in [1.807, 2.05) is 0 Å². The zero-order valence-electron chi connectivity index (χ0n) is 16.4. The lowest BCUT2D eigenvalue weighted by molar-refractivity contribution is -0.117. The normalized spacial score (nSPS) is 12.7. The van der Waals surface area contributed by atoms with Crippen molar-refractivity contribution in [1.82, 2.24) is 5.32 Å². The van der Waals surface area contributed by atoms with Crippen molar-refractivity contribution in [2.75, 3.05) is 22.9 Å². The minimum atomic E-state index is -3.46. The second kappa shape index (κ2) is 8.94. The largest absolute Gasteiger partial charge is 0.494 e. The fourth-order valence-electron chi connectivity index (χ4n) is 1.89. The van der Waals surface area contributed by atoms with Crippen LogP contribution in [0.2, 0.25) is 0 Å². The van der Waals surface area contributed by atoms with Gasteiger partial charge in [-0.1, -0.05) is 0 Å². The molecule has 9 nitrogen and oxygen atoms in total. The van der Waals surface area contributed by atoms with Gasteiger partial charge in [0.2, 0.25) is 15.9 Å². The van der Waals surface area contributed by atoms with Crippen LogP contribution in [0.15, 0.2) is 18.2 Å². The summed E-state index contributed by atoms with van der Waals surface area (Å²) in [5, 5.41) is 5.06. The summed E-state index contributed by atoms with van der Waals surface area (Å²) >= 11 is 0. The van der Waals surface area contributed by atoms with E-state index in [2.05, 4.69) is 15.4 Å². The number of alkyl carbamates (subject to hydrolysis) is 1. The Kier molecular flexibility index (Phi) is 7.46. The lowest BCUT2D eigenvalue weighted by Gasteiger charge is -2.21. The zero-order valence-corrected chi connectivity index (χ0v) is 17.2. The van der Waals surface area contributed by atoms with Crippen molar-refractivity contribution in [3.63, 3.8) is 0 Å². The molecule has 10 heteroatoms. The van der Waals surface area contributed by atoms with Gasteiger partial charge in [0, 0.05) is 11.8 Å². The Balaban J connectivity index is 2.80. The van der Waals surface area contributed by atoms with Gasteiger partial charge in [0.05, 0.1) is 18.6 Å². The van der Waals surface area contributed by atoms with E-state index < -0.39 is 33.7 Å². The van der Waals surface area contributed by atoms with Crippen molar-refractivity contribution >= 4 is 33.4 Å². The molecule has 27 heavy (non-hydrogen) atoms. The quantitative estimate of drug-likeness (QED) is 0.644. The molecule has 0 saturated carbocycles. The van der Waals surface area contributed by atoms with E-state index in [0.717, 1.165) is 0 Å². The van der Waals surface area contributed by atoms with Crippen LogP contribution in [0.4, 0.5) is 16.2 Å². The van der Waals surface area contributed by atoms with E-state index in [4.69, 9.17) is 9.47 Å².